The van der Waals surface area contributed by atoms with Gasteiger partial charge in [-0.25, -0.2) is 0 Å². The number of nitrogens with two attached hydrogens (primary N) is 1. The minimum atomic E-state index is -0.0288. The summed E-state index contributed by atoms with van der Waals surface area (Å²) in [6.07, 6.45) is 2.27. The number of halogens is 1. The van der Waals surface area contributed by atoms with E-state index in [9.17, 15) is 0 Å². The van der Waals surface area contributed by atoms with Crippen molar-refractivity contribution in [2.45, 2.75) is 32.2 Å². The lowest BCUT2D eigenvalue weighted by Gasteiger charge is -2.14. The summed E-state index contributed by atoms with van der Waals surface area (Å²) in [5.74, 6) is 0.873. The van der Waals surface area contributed by atoms with Crippen molar-refractivity contribution in [3.8, 4) is 5.75 Å². The number of ether oxygens (including phenoxy) is 1. The molecule has 1 aromatic heterocycles. The van der Waals surface area contributed by atoms with Gasteiger partial charge in [0.15, 0.2) is 0 Å². The Bertz CT molecular complexity index is 610. The molecule has 0 aliphatic rings. The van der Waals surface area contributed by atoms with E-state index in [1.54, 1.807) is 7.11 Å². The molecule has 0 saturated carbocycles. The maximum absolute atomic E-state index is 6.37. The minimum Gasteiger partial charge on any atom is -0.496 e. The maximum atomic E-state index is 6.37. The zero-order valence-electron chi connectivity index (χ0n) is 12.8. The molecule has 1 atom stereocenters. The van der Waals surface area contributed by atoms with Crippen molar-refractivity contribution in [2.75, 3.05) is 7.11 Å². The van der Waals surface area contributed by atoms with Gasteiger partial charge in [0.25, 0.3) is 0 Å². The smallest absolute Gasteiger partial charge is 0.122 e. The SMILES string of the molecule is CCc1nn(C)c(CC(N)Cc2ccccc2OC)c1Cl. The van der Waals surface area contributed by atoms with Crippen LogP contribution in [0.2, 0.25) is 5.02 Å². The van der Waals surface area contributed by atoms with Gasteiger partial charge in [0.2, 0.25) is 0 Å². The largest absolute Gasteiger partial charge is 0.496 e. The number of nitrogens with zero attached hydrogens (tertiary/aromatic N) is 2. The van der Waals surface area contributed by atoms with E-state index in [1.165, 1.54) is 0 Å². The molecule has 1 aromatic carbocycles. The highest BCUT2D eigenvalue weighted by Gasteiger charge is 2.17. The fourth-order valence-corrected chi connectivity index (χ4v) is 2.89. The molecule has 0 aliphatic carbocycles. The Kier molecular flexibility index (Phi) is 5.26. The Morgan fingerprint density at radius 3 is 2.67 bits per heavy atom. The fourth-order valence-electron chi connectivity index (χ4n) is 2.52. The molecule has 0 aliphatic heterocycles. The van der Waals surface area contributed by atoms with Gasteiger partial charge in [-0.15, -0.1) is 0 Å². The Hall–Kier alpha value is -1.52. The van der Waals surface area contributed by atoms with Gasteiger partial charge >= 0.3 is 0 Å². The maximum Gasteiger partial charge on any atom is 0.122 e. The van der Waals surface area contributed by atoms with Crippen LogP contribution in [0.1, 0.15) is 23.9 Å². The average molecular weight is 308 g/mol. The van der Waals surface area contributed by atoms with Crippen LogP contribution in [0.4, 0.5) is 0 Å². The molecule has 0 spiro atoms. The normalized spacial score (nSPS) is 12.4. The van der Waals surface area contributed by atoms with E-state index >= 15 is 0 Å². The highest BCUT2D eigenvalue weighted by Crippen LogP contribution is 2.24. The molecule has 0 bridgehead atoms. The Labute approximate surface area is 130 Å². The average Bonchev–Trinajstić information content (AvgIpc) is 2.75. The van der Waals surface area contributed by atoms with Crippen molar-refractivity contribution in [1.82, 2.24) is 9.78 Å². The number of methoxy groups -OCH3 is 1. The van der Waals surface area contributed by atoms with E-state index in [4.69, 9.17) is 22.1 Å². The van der Waals surface area contributed by atoms with Gasteiger partial charge in [0, 0.05) is 19.5 Å². The van der Waals surface area contributed by atoms with E-state index < -0.39 is 0 Å². The summed E-state index contributed by atoms with van der Waals surface area (Å²) in [4.78, 5) is 0. The number of hydrogen-bond acceptors (Lipinski definition) is 3. The minimum absolute atomic E-state index is 0.0288. The molecule has 114 valence electrons. The summed E-state index contributed by atoms with van der Waals surface area (Å²) in [6.45, 7) is 2.05. The molecule has 0 radical (unpaired) electrons. The van der Waals surface area contributed by atoms with Crippen molar-refractivity contribution in [1.29, 1.82) is 0 Å². The predicted molar refractivity (Wildman–Crippen MR) is 86.0 cm³/mol. The summed E-state index contributed by atoms with van der Waals surface area (Å²) in [6, 6.07) is 7.92. The zero-order chi connectivity index (χ0) is 15.4. The lowest BCUT2D eigenvalue weighted by Crippen LogP contribution is -2.27. The first-order valence-corrected chi connectivity index (χ1v) is 7.52. The Morgan fingerprint density at radius 1 is 1.33 bits per heavy atom. The highest BCUT2D eigenvalue weighted by molar-refractivity contribution is 6.31. The van der Waals surface area contributed by atoms with Crippen LogP contribution in [0.15, 0.2) is 24.3 Å². The van der Waals surface area contributed by atoms with Crippen LogP contribution < -0.4 is 10.5 Å². The molecular formula is C16H22ClN3O. The summed E-state index contributed by atoms with van der Waals surface area (Å²) < 4.78 is 7.20. The van der Waals surface area contributed by atoms with E-state index in [-0.39, 0.29) is 6.04 Å². The second-order valence-corrected chi connectivity index (χ2v) is 5.54. The standard InChI is InChI=1S/C16H22ClN3O/c1-4-13-16(17)14(20(2)19-13)10-12(18)9-11-7-5-6-8-15(11)21-3/h5-8,12H,4,9-10,18H2,1-3H3. The number of rotatable bonds is 6. The van der Waals surface area contributed by atoms with E-state index in [2.05, 4.69) is 5.10 Å². The second-order valence-electron chi connectivity index (χ2n) is 5.16. The quantitative estimate of drug-likeness (QED) is 0.893. The summed E-state index contributed by atoms with van der Waals surface area (Å²) >= 11 is 6.37. The van der Waals surface area contributed by atoms with Gasteiger partial charge in [0.1, 0.15) is 5.75 Å². The molecule has 2 aromatic rings. The third-order valence-corrected chi connectivity index (χ3v) is 4.07. The Morgan fingerprint density at radius 2 is 2.05 bits per heavy atom. The monoisotopic (exact) mass is 307 g/mol. The van der Waals surface area contributed by atoms with Gasteiger partial charge in [-0.05, 0) is 24.5 Å². The van der Waals surface area contributed by atoms with Crippen molar-refractivity contribution in [2.24, 2.45) is 12.8 Å². The number of benzene rings is 1. The van der Waals surface area contributed by atoms with Crippen LogP contribution in [-0.4, -0.2) is 22.9 Å². The predicted octanol–water partition coefficient (Wildman–Crippen LogP) is 2.76. The van der Waals surface area contributed by atoms with Crippen molar-refractivity contribution < 1.29 is 4.74 Å². The fraction of sp³-hybridized carbons (Fsp3) is 0.438. The summed E-state index contributed by atoms with van der Waals surface area (Å²) in [5.41, 5.74) is 9.33. The van der Waals surface area contributed by atoms with Crippen LogP contribution in [-0.2, 0) is 26.3 Å². The lowest BCUT2D eigenvalue weighted by molar-refractivity contribution is 0.407. The Balaban J connectivity index is 2.12. The number of aryl methyl sites for hydroxylation is 2. The first kappa shape index (κ1) is 15.9. The van der Waals surface area contributed by atoms with Gasteiger partial charge in [-0.1, -0.05) is 36.7 Å². The second kappa shape index (κ2) is 6.96. The van der Waals surface area contributed by atoms with Crippen LogP contribution in [0.5, 0.6) is 5.75 Å². The van der Waals surface area contributed by atoms with Crippen molar-refractivity contribution in [3.63, 3.8) is 0 Å². The van der Waals surface area contributed by atoms with E-state index in [0.717, 1.165) is 40.6 Å². The molecule has 0 amide bonds. The van der Waals surface area contributed by atoms with Crippen molar-refractivity contribution >= 4 is 11.6 Å². The first-order chi connectivity index (χ1) is 10.1. The molecular weight excluding hydrogens is 286 g/mol. The first-order valence-electron chi connectivity index (χ1n) is 7.14. The van der Waals surface area contributed by atoms with Crippen LogP contribution in [0.25, 0.3) is 0 Å². The third kappa shape index (κ3) is 3.57. The molecule has 1 unspecified atom stereocenters. The van der Waals surface area contributed by atoms with Crippen LogP contribution in [0.3, 0.4) is 0 Å². The number of hydrogen-bond donors (Lipinski definition) is 1. The van der Waals surface area contributed by atoms with Crippen molar-refractivity contribution in [3.05, 3.63) is 46.2 Å². The third-order valence-electron chi connectivity index (χ3n) is 3.63. The van der Waals surface area contributed by atoms with Crippen LogP contribution >= 0.6 is 11.6 Å². The molecule has 2 rings (SSSR count). The molecule has 4 nitrogen and oxygen atoms in total. The van der Waals surface area contributed by atoms with Gasteiger partial charge in [0.05, 0.1) is 23.5 Å². The molecule has 21 heavy (non-hydrogen) atoms. The van der Waals surface area contributed by atoms with Crippen LogP contribution in [0, 0.1) is 0 Å². The van der Waals surface area contributed by atoms with Gasteiger partial charge in [-0.3, -0.25) is 4.68 Å². The molecule has 1 heterocycles. The molecule has 5 heteroatoms. The highest BCUT2D eigenvalue weighted by atomic mass is 35.5. The van der Waals surface area contributed by atoms with E-state index in [0.29, 0.717) is 6.42 Å². The van der Waals surface area contributed by atoms with E-state index in [1.807, 2.05) is 42.9 Å². The number of para-hydroxylation sites is 1. The topological polar surface area (TPSA) is 53.1 Å². The summed E-state index contributed by atoms with van der Waals surface area (Å²) in [5, 5.41) is 5.17. The summed E-state index contributed by atoms with van der Waals surface area (Å²) in [7, 11) is 3.59. The molecule has 0 saturated heterocycles. The lowest BCUT2D eigenvalue weighted by atomic mass is 10.0. The number of aromatic nitrogens is 2. The zero-order valence-corrected chi connectivity index (χ0v) is 13.5. The molecule has 2 N–H and O–H groups in total. The van der Waals surface area contributed by atoms with Gasteiger partial charge < -0.3 is 10.5 Å². The molecule has 0 fully saturated rings. The van der Waals surface area contributed by atoms with Gasteiger partial charge in [-0.2, -0.15) is 5.10 Å².